The molecule has 0 amide bonds. The maximum atomic E-state index is 14.4. The smallest absolute Gasteiger partial charge is 0.314 e. The SMILES string of the molecule is C=CCOc1ccc(OC(=O)C2CCC(C3CCC4CC(/C=C/C)CCC4C3)CC2)c(F)c1F. The van der Waals surface area contributed by atoms with Gasteiger partial charge in [-0.25, -0.2) is 0 Å². The highest BCUT2D eigenvalue weighted by molar-refractivity contribution is 5.75. The molecule has 0 N–H and O–H groups in total. The number of esters is 1. The predicted molar refractivity (Wildman–Crippen MR) is 130 cm³/mol. The Labute approximate surface area is 202 Å². The van der Waals surface area contributed by atoms with Crippen molar-refractivity contribution in [1.29, 1.82) is 0 Å². The third-order valence-corrected chi connectivity index (χ3v) is 8.51. The lowest BCUT2D eigenvalue weighted by molar-refractivity contribution is -0.140. The monoisotopic (exact) mass is 472 g/mol. The highest BCUT2D eigenvalue weighted by Crippen LogP contribution is 2.49. The minimum atomic E-state index is -1.19. The van der Waals surface area contributed by atoms with Gasteiger partial charge in [0, 0.05) is 0 Å². The third kappa shape index (κ3) is 5.72. The number of hydrogen-bond acceptors (Lipinski definition) is 3. The number of hydrogen-bond donors (Lipinski definition) is 0. The molecule has 3 aliphatic rings. The molecule has 3 saturated carbocycles. The first-order valence-corrected chi connectivity index (χ1v) is 13.1. The molecule has 1 aromatic rings. The molecule has 0 bridgehead atoms. The Morgan fingerprint density at radius 3 is 2.21 bits per heavy atom. The summed E-state index contributed by atoms with van der Waals surface area (Å²) in [6.45, 7) is 5.68. The van der Waals surface area contributed by atoms with E-state index in [0.717, 1.165) is 49.4 Å². The van der Waals surface area contributed by atoms with Crippen LogP contribution in [0.1, 0.15) is 71.1 Å². The van der Waals surface area contributed by atoms with Gasteiger partial charge < -0.3 is 9.47 Å². The topological polar surface area (TPSA) is 35.5 Å². The first-order valence-electron chi connectivity index (χ1n) is 13.1. The fourth-order valence-corrected chi connectivity index (χ4v) is 6.71. The molecule has 5 heteroatoms. The van der Waals surface area contributed by atoms with Gasteiger partial charge in [-0.15, -0.1) is 0 Å². The summed E-state index contributed by atoms with van der Waals surface area (Å²) in [4.78, 5) is 12.7. The van der Waals surface area contributed by atoms with Crippen molar-refractivity contribution in [3.8, 4) is 11.5 Å². The number of fused-ring (bicyclic) bond motifs is 1. The average molecular weight is 473 g/mol. The predicted octanol–water partition coefficient (Wildman–Crippen LogP) is 7.65. The van der Waals surface area contributed by atoms with Gasteiger partial charge in [-0.05, 0) is 113 Å². The normalized spacial score (nSPS) is 31.6. The van der Waals surface area contributed by atoms with Crippen LogP contribution in [0.2, 0.25) is 0 Å². The third-order valence-electron chi connectivity index (χ3n) is 8.51. The minimum Gasteiger partial charge on any atom is -0.486 e. The number of rotatable bonds is 7. The quantitative estimate of drug-likeness (QED) is 0.232. The van der Waals surface area contributed by atoms with Crippen molar-refractivity contribution < 1.29 is 23.0 Å². The zero-order valence-corrected chi connectivity index (χ0v) is 20.3. The molecule has 34 heavy (non-hydrogen) atoms. The Bertz CT molecular complexity index is 888. The van der Waals surface area contributed by atoms with Crippen LogP contribution in [0.4, 0.5) is 8.78 Å². The van der Waals surface area contributed by atoms with Crippen LogP contribution in [0, 0.1) is 47.1 Å². The van der Waals surface area contributed by atoms with E-state index in [1.807, 2.05) is 0 Å². The first kappa shape index (κ1) is 24.9. The van der Waals surface area contributed by atoms with E-state index in [0.29, 0.717) is 5.92 Å². The average Bonchev–Trinajstić information content (AvgIpc) is 2.86. The molecule has 0 heterocycles. The van der Waals surface area contributed by atoms with Crippen LogP contribution in [-0.4, -0.2) is 12.6 Å². The van der Waals surface area contributed by atoms with Crippen LogP contribution in [0.15, 0.2) is 36.9 Å². The lowest BCUT2D eigenvalue weighted by Crippen LogP contribution is -2.35. The van der Waals surface area contributed by atoms with Gasteiger partial charge in [0.1, 0.15) is 6.61 Å². The van der Waals surface area contributed by atoms with Gasteiger partial charge in [-0.1, -0.05) is 24.8 Å². The van der Waals surface area contributed by atoms with Crippen LogP contribution in [0.5, 0.6) is 11.5 Å². The summed E-state index contributed by atoms with van der Waals surface area (Å²) in [6.07, 6.45) is 17.7. The molecule has 0 aromatic heterocycles. The second-order valence-electron chi connectivity index (χ2n) is 10.5. The van der Waals surface area contributed by atoms with Crippen LogP contribution in [0.25, 0.3) is 0 Å². The summed E-state index contributed by atoms with van der Waals surface area (Å²) < 4.78 is 38.9. The summed E-state index contributed by atoms with van der Waals surface area (Å²) in [7, 11) is 0. The van der Waals surface area contributed by atoms with Crippen molar-refractivity contribution >= 4 is 5.97 Å². The standard InChI is InChI=1S/C29H38F2O3/c1-3-5-19-6-7-24-18-23(13-12-22(24)17-19)20-8-10-21(11-9-20)29(32)34-26-15-14-25(33-16-4-2)27(30)28(26)31/h3-5,14-15,19-24H,2,6-13,16-18H2,1H3/b5-3+. The van der Waals surface area contributed by atoms with Crippen LogP contribution < -0.4 is 9.47 Å². The molecule has 186 valence electrons. The Hall–Kier alpha value is -2.17. The number of allylic oxidation sites excluding steroid dienone is 2. The van der Waals surface area contributed by atoms with E-state index in [1.165, 1.54) is 56.7 Å². The number of carbonyl (C=O) groups excluding carboxylic acids is 1. The number of ether oxygens (including phenoxy) is 2. The molecule has 4 atom stereocenters. The second kappa shape index (κ2) is 11.5. The van der Waals surface area contributed by atoms with E-state index < -0.39 is 17.6 Å². The van der Waals surface area contributed by atoms with Crippen molar-refractivity contribution in [1.82, 2.24) is 0 Å². The van der Waals surface area contributed by atoms with Crippen molar-refractivity contribution in [2.45, 2.75) is 71.1 Å². The molecule has 3 nitrogen and oxygen atoms in total. The fourth-order valence-electron chi connectivity index (χ4n) is 6.71. The second-order valence-corrected chi connectivity index (χ2v) is 10.5. The molecule has 0 aliphatic heterocycles. The Morgan fingerprint density at radius 2 is 1.50 bits per heavy atom. The van der Waals surface area contributed by atoms with Crippen LogP contribution in [-0.2, 0) is 4.79 Å². The summed E-state index contributed by atoms with van der Waals surface area (Å²) in [5, 5.41) is 0. The van der Waals surface area contributed by atoms with Crippen LogP contribution in [0.3, 0.4) is 0 Å². The highest BCUT2D eigenvalue weighted by Gasteiger charge is 2.39. The fraction of sp³-hybridized carbons (Fsp3) is 0.621. The zero-order valence-electron chi connectivity index (χ0n) is 20.3. The first-order chi connectivity index (χ1) is 16.5. The molecule has 4 rings (SSSR count). The van der Waals surface area contributed by atoms with E-state index in [9.17, 15) is 13.6 Å². The minimum absolute atomic E-state index is 0.0673. The van der Waals surface area contributed by atoms with Crippen molar-refractivity contribution in [3.05, 3.63) is 48.6 Å². The largest absolute Gasteiger partial charge is 0.486 e. The summed E-state index contributed by atoms with van der Waals surface area (Å²) in [6, 6.07) is 2.54. The molecule has 1 aromatic carbocycles. The Balaban J connectivity index is 1.26. The van der Waals surface area contributed by atoms with Gasteiger partial charge in [-0.3, -0.25) is 4.79 Å². The lowest BCUT2D eigenvalue weighted by Gasteiger charge is -2.45. The van der Waals surface area contributed by atoms with Gasteiger partial charge in [0.05, 0.1) is 5.92 Å². The van der Waals surface area contributed by atoms with Gasteiger partial charge >= 0.3 is 5.97 Å². The maximum absolute atomic E-state index is 14.4. The van der Waals surface area contributed by atoms with E-state index in [-0.39, 0.29) is 24.0 Å². The Morgan fingerprint density at radius 1 is 0.912 bits per heavy atom. The van der Waals surface area contributed by atoms with Gasteiger partial charge in [0.15, 0.2) is 11.5 Å². The van der Waals surface area contributed by atoms with E-state index >= 15 is 0 Å². The van der Waals surface area contributed by atoms with Gasteiger partial charge in [-0.2, -0.15) is 8.78 Å². The van der Waals surface area contributed by atoms with E-state index in [4.69, 9.17) is 9.47 Å². The van der Waals surface area contributed by atoms with Gasteiger partial charge in [0.2, 0.25) is 11.6 Å². The molecule has 0 saturated heterocycles. The highest BCUT2D eigenvalue weighted by atomic mass is 19.2. The maximum Gasteiger partial charge on any atom is 0.314 e. The summed E-state index contributed by atoms with van der Waals surface area (Å²) in [5.41, 5.74) is 0. The Kier molecular flexibility index (Phi) is 8.44. The molecule has 0 spiro atoms. The molecule has 3 aliphatic carbocycles. The van der Waals surface area contributed by atoms with Crippen molar-refractivity contribution in [3.63, 3.8) is 0 Å². The van der Waals surface area contributed by atoms with Crippen molar-refractivity contribution in [2.75, 3.05) is 6.61 Å². The number of benzene rings is 1. The van der Waals surface area contributed by atoms with E-state index in [2.05, 4.69) is 25.7 Å². The molecule has 3 fully saturated rings. The van der Waals surface area contributed by atoms with Gasteiger partial charge in [0.25, 0.3) is 0 Å². The van der Waals surface area contributed by atoms with Crippen LogP contribution >= 0.6 is 0 Å². The van der Waals surface area contributed by atoms with Crippen molar-refractivity contribution in [2.24, 2.45) is 35.5 Å². The summed E-state index contributed by atoms with van der Waals surface area (Å²) >= 11 is 0. The molecule has 0 radical (unpaired) electrons. The zero-order chi connectivity index (χ0) is 24.1. The number of carbonyl (C=O) groups is 1. The summed E-state index contributed by atoms with van der Waals surface area (Å²) in [5.74, 6) is 0.352. The van der Waals surface area contributed by atoms with E-state index in [1.54, 1.807) is 0 Å². The molecular weight excluding hydrogens is 434 g/mol. The lowest BCUT2D eigenvalue weighted by atomic mass is 9.61. The molecule has 4 unspecified atom stereocenters. The molecular formula is C29H38F2O3. The number of halogens is 2.